The summed E-state index contributed by atoms with van der Waals surface area (Å²) in [6.45, 7) is 2.96. The normalized spacial score (nSPS) is 10.8. The lowest BCUT2D eigenvalue weighted by Gasteiger charge is -2.08. The molecule has 0 aliphatic carbocycles. The second-order valence-electron chi connectivity index (χ2n) is 4.44. The van der Waals surface area contributed by atoms with Crippen LogP contribution < -0.4 is 5.32 Å². The Morgan fingerprint density at radius 2 is 2.16 bits per heavy atom. The number of anilines is 1. The topological polar surface area (TPSA) is 55.1 Å². The van der Waals surface area contributed by atoms with Gasteiger partial charge < -0.3 is 5.32 Å². The fourth-order valence-corrected chi connectivity index (χ4v) is 2.09. The molecule has 5 nitrogen and oxygen atoms in total. The summed E-state index contributed by atoms with van der Waals surface area (Å²) in [4.78, 5) is 4.30. The Kier molecular flexibility index (Phi) is 3.10. The van der Waals surface area contributed by atoms with E-state index in [1.165, 1.54) is 11.1 Å². The minimum atomic E-state index is 0.757. The first kappa shape index (κ1) is 11.6. The first-order valence-electron chi connectivity index (χ1n) is 6.27. The highest BCUT2D eigenvalue weighted by Crippen LogP contribution is 2.11. The van der Waals surface area contributed by atoms with Crippen molar-refractivity contribution < 1.29 is 0 Å². The van der Waals surface area contributed by atoms with Gasteiger partial charge in [0.05, 0.1) is 0 Å². The third-order valence-corrected chi connectivity index (χ3v) is 3.16. The van der Waals surface area contributed by atoms with E-state index in [1.54, 1.807) is 12.5 Å². The van der Waals surface area contributed by atoms with Crippen molar-refractivity contribution in [3.8, 4) is 0 Å². The van der Waals surface area contributed by atoms with Gasteiger partial charge in [0.25, 0.3) is 0 Å². The predicted molar refractivity (Wildman–Crippen MR) is 74.2 cm³/mol. The molecular weight excluding hydrogens is 238 g/mol. The van der Waals surface area contributed by atoms with E-state index in [0.29, 0.717) is 0 Å². The quantitative estimate of drug-likeness (QED) is 0.773. The Morgan fingerprint density at radius 1 is 1.26 bits per heavy atom. The van der Waals surface area contributed by atoms with Gasteiger partial charge in [-0.3, -0.25) is 4.40 Å². The fraction of sp³-hybridized carbons (Fsp3) is 0.214. The summed E-state index contributed by atoms with van der Waals surface area (Å²) < 4.78 is 1.85. The molecular formula is C14H15N5. The zero-order valence-corrected chi connectivity index (χ0v) is 10.7. The molecule has 0 fully saturated rings. The summed E-state index contributed by atoms with van der Waals surface area (Å²) in [7, 11) is 0. The Labute approximate surface area is 111 Å². The van der Waals surface area contributed by atoms with Gasteiger partial charge in [0.15, 0.2) is 5.82 Å². The van der Waals surface area contributed by atoms with Gasteiger partial charge in [0, 0.05) is 18.9 Å². The summed E-state index contributed by atoms with van der Waals surface area (Å²) in [5, 5.41) is 11.2. The highest BCUT2D eigenvalue weighted by molar-refractivity contribution is 5.61. The molecule has 0 radical (unpaired) electrons. The molecule has 96 valence electrons. The van der Waals surface area contributed by atoms with Gasteiger partial charge in [0.1, 0.15) is 6.33 Å². The lowest BCUT2D eigenvalue weighted by molar-refractivity contribution is 0.987. The monoisotopic (exact) mass is 253 g/mol. The number of fused-ring (bicyclic) bond motifs is 1. The minimum Gasteiger partial charge on any atom is -0.367 e. The number of aromatic nitrogens is 4. The number of nitrogens with one attached hydrogen (secondary N) is 1. The Balaban J connectivity index is 1.70. The van der Waals surface area contributed by atoms with E-state index in [-0.39, 0.29) is 0 Å². The van der Waals surface area contributed by atoms with Crippen LogP contribution in [0, 0.1) is 6.92 Å². The highest BCUT2D eigenvalue weighted by Gasteiger charge is 2.04. The van der Waals surface area contributed by atoms with Crippen LogP contribution in [0.4, 0.5) is 5.82 Å². The van der Waals surface area contributed by atoms with Crippen molar-refractivity contribution in [3.63, 3.8) is 0 Å². The molecule has 0 amide bonds. The molecule has 0 atom stereocenters. The third-order valence-electron chi connectivity index (χ3n) is 3.16. The van der Waals surface area contributed by atoms with Gasteiger partial charge in [-0.15, -0.1) is 10.2 Å². The molecule has 2 aromatic heterocycles. The molecule has 0 saturated heterocycles. The zero-order chi connectivity index (χ0) is 13.1. The van der Waals surface area contributed by atoms with Crippen molar-refractivity contribution in [2.45, 2.75) is 13.3 Å². The molecule has 0 spiro atoms. The van der Waals surface area contributed by atoms with Crippen LogP contribution in [0.15, 0.2) is 43.0 Å². The molecule has 0 aliphatic heterocycles. The van der Waals surface area contributed by atoms with Crippen molar-refractivity contribution in [2.24, 2.45) is 0 Å². The Bertz CT molecular complexity index is 689. The van der Waals surface area contributed by atoms with Gasteiger partial charge in [0.2, 0.25) is 5.65 Å². The summed E-state index contributed by atoms with van der Waals surface area (Å²) in [6.07, 6.45) is 6.21. The van der Waals surface area contributed by atoms with Gasteiger partial charge in [-0.2, -0.15) is 0 Å². The van der Waals surface area contributed by atoms with E-state index in [4.69, 9.17) is 0 Å². The largest absolute Gasteiger partial charge is 0.367 e. The summed E-state index contributed by atoms with van der Waals surface area (Å²) in [5.41, 5.74) is 3.42. The van der Waals surface area contributed by atoms with Gasteiger partial charge >= 0.3 is 0 Å². The number of benzene rings is 1. The molecule has 3 aromatic rings. The molecule has 5 heteroatoms. The van der Waals surface area contributed by atoms with Crippen molar-refractivity contribution in [2.75, 3.05) is 11.9 Å². The Hall–Kier alpha value is -2.43. The first-order chi connectivity index (χ1) is 9.34. The highest BCUT2D eigenvalue weighted by atomic mass is 15.2. The molecule has 1 aromatic carbocycles. The standard InChI is InChI=1S/C14H15N5/c1-11-4-2-3-5-12(11)6-7-15-13-14-18-17-10-19(14)9-8-16-13/h2-5,8-10H,6-7H2,1H3,(H,15,16). The maximum Gasteiger partial charge on any atom is 0.203 e. The molecule has 19 heavy (non-hydrogen) atoms. The van der Waals surface area contributed by atoms with E-state index in [2.05, 4.69) is 51.7 Å². The van der Waals surface area contributed by atoms with Crippen LogP contribution in [0.2, 0.25) is 0 Å². The van der Waals surface area contributed by atoms with Gasteiger partial charge in [-0.25, -0.2) is 4.98 Å². The van der Waals surface area contributed by atoms with E-state index in [1.807, 2.05) is 10.6 Å². The second-order valence-corrected chi connectivity index (χ2v) is 4.44. The minimum absolute atomic E-state index is 0.757. The lowest BCUT2D eigenvalue weighted by atomic mass is 10.1. The van der Waals surface area contributed by atoms with E-state index in [9.17, 15) is 0 Å². The predicted octanol–water partition coefficient (Wildman–Crippen LogP) is 2.09. The second kappa shape index (κ2) is 5.06. The van der Waals surface area contributed by atoms with E-state index >= 15 is 0 Å². The molecule has 0 aliphatic rings. The van der Waals surface area contributed by atoms with E-state index in [0.717, 1.165) is 24.4 Å². The number of nitrogens with zero attached hydrogens (tertiary/aromatic N) is 4. The van der Waals surface area contributed by atoms with Crippen molar-refractivity contribution >= 4 is 11.5 Å². The van der Waals surface area contributed by atoms with Crippen LogP contribution in [0.3, 0.4) is 0 Å². The maximum absolute atomic E-state index is 4.30. The zero-order valence-electron chi connectivity index (χ0n) is 10.7. The molecule has 2 heterocycles. The van der Waals surface area contributed by atoms with Crippen LogP contribution in [-0.4, -0.2) is 26.1 Å². The Morgan fingerprint density at radius 3 is 3.05 bits per heavy atom. The molecule has 0 saturated carbocycles. The molecule has 3 rings (SSSR count). The molecule has 0 unspecified atom stereocenters. The molecule has 1 N–H and O–H groups in total. The van der Waals surface area contributed by atoms with Crippen LogP contribution in [-0.2, 0) is 6.42 Å². The third kappa shape index (κ3) is 2.40. The van der Waals surface area contributed by atoms with Crippen molar-refractivity contribution in [1.29, 1.82) is 0 Å². The molecule has 0 bridgehead atoms. The number of rotatable bonds is 4. The van der Waals surface area contributed by atoms with Crippen LogP contribution in [0.25, 0.3) is 5.65 Å². The summed E-state index contributed by atoms with van der Waals surface area (Å²) in [5.74, 6) is 0.772. The van der Waals surface area contributed by atoms with Crippen molar-refractivity contribution in [1.82, 2.24) is 19.6 Å². The van der Waals surface area contributed by atoms with E-state index < -0.39 is 0 Å². The van der Waals surface area contributed by atoms with Crippen LogP contribution in [0.1, 0.15) is 11.1 Å². The smallest absolute Gasteiger partial charge is 0.203 e. The summed E-state index contributed by atoms with van der Waals surface area (Å²) in [6, 6.07) is 8.42. The average molecular weight is 253 g/mol. The SMILES string of the molecule is Cc1ccccc1CCNc1nccn2cnnc12. The first-order valence-corrected chi connectivity index (χ1v) is 6.27. The summed E-state index contributed by atoms with van der Waals surface area (Å²) >= 11 is 0. The van der Waals surface area contributed by atoms with Crippen LogP contribution >= 0.6 is 0 Å². The van der Waals surface area contributed by atoms with Crippen molar-refractivity contribution in [3.05, 3.63) is 54.1 Å². The fourth-order valence-electron chi connectivity index (χ4n) is 2.09. The number of hydrogen-bond acceptors (Lipinski definition) is 4. The number of hydrogen-bond donors (Lipinski definition) is 1. The van der Waals surface area contributed by atoms with Crippen LogP contribution in [0.5, 0.6) is 0 Å². The maximum atomic E-state index is 4.30. The number of aryl methyl sites for hydroxylation is 1. The van der Waals surface area contributed by atoms with Gasteiger partial charge in [-0.05, 0) is 24.5 Å². The average Bonchev–Trinajstić information content (AvgIpc) is 2.90. The van der Waals surface area contributed by atoms with Gasteiger partial charge in [-0.1, -0.05) is 24.3 Å². The lowest BCUT2D eigenvalue weighted by Crippen LogP contribution is -2.08.